The maximum Gasteiger partial charge on any atom is 0.110 e. The summed E-state index contributed by atoms with van der Waals surface area (Å²) in [4.78, 5) is 6.05. The summed E-state index contributed by atoms with van der Waals surface area (Å²) in [6.07, 6.45) is 5.82. The molecule has 0 radical (unpaired) electrons. The lowest BCUT2D eigenvalue weighted by Crippen LogP contribution is -2.22. The van der Waals surface area contributed by atoms with Crippen molar-refractivity contribution in [3.63, 3.8) is 0 Å². The molecule has 17 heavy (non-hydrogen) atoms. The zero-order valence-electron chi connectivity index (χ0n) is 11.4. The fourth-order valence-electron chi connectivity index (χ4n) is 1.71. The van der Waals surface area contributed by atoms with Crippen LogP contribution in [0.25, 0.3) is 0 Å². The lowest BCUT2D eigenvalue weighted by Gasteiger charge is -2.15. The Morgan fingerprint density at radius 2 is 2.18 bits per heavy atom. The average Bonchev–Trinajstić information content (AvgIpc) is 2.64. The Labute approximate surface area is 114 Å². The second kappa shape index (κ2) is 8.11. The van der Waals surface area contributed by atoms with Crippen LogP contribution in [0.5, 0.6) is 0 Å². The van der Waals surface area contributed by atoms with Crippen molar-refractivity contribution in [1.82, 2.24) is 10.3 Å². The summed E-state index contributed by atoms with van der Waals surface area (Å²) in [5.74, 6) is 1.24. The molecule has 1 atom stereocenters. The molecule has 1 heterocycles. The number of thiazole rings is 1. The predicted molar refractivity (Wildman–Crippen MR) is 80.2 cm³/mol. The number of nitrogens with one attached hydrogen (secondary N) is 1. The quantitative estimate of drug-likeness (QED) is 0.726. The van der Waals surface area contributed by atoms with E-state index >= 15 is 0 Å². The maximum absolute atomic E-state index is 4.69. The van der Waals surface area contributed by atoms with Gasteiger partial charge in [-0.3, -0.25) is 0 Å². The minimum atomic E-state index is 0.458. The molecule has 0 fully saturated rings. The maximum atomic E-state index is 4.69. The van der Waals surface area contributed by atoms with Crippen LogP contribution in [0.1, 0.15) is 47.8 Å². The van der Waals surface area contributed by atoms with E-state index < -0.39 is 0 Å². The van der Waals surface area contributed by atoms with Gasteiger partial charge < -0.3 is 5.32 Å². The summed E-state index contributed by atoms with van der Waals surface area (Å²) >= 11 is 3.78. The van der Waals surface area contributed by atoms with Crippen LogP contribution in [0.3, 0.4) is 0 Å². The fourth-order valence-corrected chi connectivity index (χ4v) is 3.20. The molecule has 1 aromatic rings. The van der Waals surface area contributed by atoms with Gasteiger partial charge >= 0.3 is 0 Å². The van der Waals surface area contributed by atoms with Gasteiger partial charge in [-0.15, -0.1) is 11.3 Å². The molecule has 2 nitrogen and oxygen atoms in total. The van der Waals surface area contributed by atoms with E-state index in [0.717, 1.165) is 6.54 Å². The normalized spacial score (nSPS) is 12.9. The lowest BCUT2D eigenvalue weighted by molar-refractivity contribution is 0.493. The van der Waals surface area contributed by atoms with Crippen LogP contribution in [0.4, 0.5) is 0 Å². The van der Waals surface area contributed by atoms with E-state index in [0.29, 0.717) is 6.04 Å². The molecular formula is C13H24N2S2. The van der Waals surface area contributed by atoms with Gasteiger partial charge in [-0.2, -0.15) is 11.8 Å². The van der Waals surface area contributed by atoms with Crippen LogP contribution in [-0.2, 0) is 0 Å². The molecule has 1 rings (SSSR count). The van der Waals surface area contributed by atoms with E-state index in [1.165, 1.54) is 40.6 Å². The van der Waals surface area contributed by atoms with Crippen LogP contribution in [-0.4, -0.2) is 23.5 Å². The second-order valence-corrected chi connectivity index (χ2v) is 6.56. The summed E-state index contributed by atoms with van der Waals surface area (Å²) in [5.41, 5.74) is 1.19. The zero-order valence-corrected chi connectivity index (χ0v) is 13.0. The van der Waals surface area contributed by atoms with Gasteiger partial charge in [-0.25, -0.2) is 4.98 Å². The summed E-state index contributed by atoms with van der Waals surface area (Å²) in [6.45, 7) is 7.56. The van der Waals surface area contributed by atoms with Crippen LogP contribution in [0.2, 0.25) is 0 Å². The topological polar surface area (TPSA) is 24.9 Å². The third-order valence-electron chi connectivity index (χ3n) is 2.83. The third kappa shape index (κ3) is 4.98. The van der Waals surface area contributed by atoms with Gasteiger partial charge in [0.2, 0.25) is 0 Å². The first-order chi connectivity index (χ1) is 8.19. The van der Waals surface area contributed by atoms with Gasteiger partial charge in [0, 0.05) is 4.88 Å². The SMILES string of the molecule is CCCNC(CCCSC)c1nc(C)c(C)s1. The zero-order chi connectivity index (χ0) is 12.7. The molecule has 4 heteroatoms. The molecule has 0 aliphatic heterocycles. The lowest BCUT2D eigenvalue weighted by atomic mass is 10.1. The summed E-state index contributed by atoms with van der Waals surface area (Å²) in [7, 11) is 0. The van der Waals surface area contributed by atoms with Crippen molar-refractivity contribution in [2.24, 2.45) is 0 Å². The summed E-state index contributed by atoms with van der Waals surface area (Å²) in [5, 5.41) is 4.90. The van der Waals surface area contributed by atoms with Crippen molar-refractivity contribution in [3.8, 4) is 0 Å². The molecule has 0 aliphatic carbocycles. The molecule has 0 aromatic carbocycles. The molecule has 1 aromatic heterocycles. The monoisotopic (exact) mass is 272 g/mol. The van der Waals surface area contributed by atoms with Gasteiger partial charge in [-0.1, -0.05) is 6.92 Å². The number of nitrogens with zero attached hydrogens (tertiary/aromatic N) is 1. The van der Waals surface area contributed by atoms with Crippen LogP contribution < -0.4 is 5.32 Å². The largest absolute Gasteiger partial charge is 0.308 e. The van der Waals surface area contributed by atoms with Crippen LogP contribution in [0.15, 0.2) is 0 Å². The first kappa shape index (κ1) is 15.0. The third-order valence-corrected chi connectivity index (χ3v) is 4.71. The predicted octanol–water partition coefficient (Wildman–Crippen LogP) is 3.94. The smallest absolute Gasteiger partial charge is 0.110 e. The van der Waals surface area contributed by atoms with Crippen molar-refractivity contribution in [1.29, 1.82) is 0 Å². The van der Waals surface area contributed by atoms with Crippen molar-refractivity contribution in [3.05, 3.63) is 15.6 Å². The highest BCUT2D eigenvalue weighted by molar-refractivity contribution is 7.98. The van der Waals surface area contributed by atoms with E-state index in [-0.39, 0.29) is 0 Å². The highest BCUT2D eigenvalue weighted by Gasteiger charge is 2.15. The van der Waals surface area contributed by atoms with E-state index in [4.69, 9.17) is 4.98 Å². The van der Waals surface area contributed by atoms with E-state index in [2.05, 4.69) is 32.3 Å². The molecule has 0 amide bonds. The van der Waals surface area contributed by atoms with Crippen molar-refractivity contribution < 1.29 is 0 Å². The Bertz CT molecular complexity index is 304. The van der Waals surface area contributed by atoms with Gasteiger partial charge in [-0.05, 0) is 51.7 Å². The molecular weight excluding hydrogens is 248 g/mol. The van der Waals surface area contributed by atoms with Crippen molar-refractivity contribution >= 4 is 23.1 Å². The number of hydrogen-bond donors (Lipinski definition) is 1. The number of aryl methyl sites for hydroxylation is 2. The van der Waals surface area contributed by atoms with Crippen molar-refractivity contribution in [2.75, 3.05) is 18.6 Å². The van der Waals surface area contributed by atoms with Crippen molar-refractivity contribution in [2.45, 2.75) is 46.1 Å². The Kier molecular flexibility index (Phi) is 7.16. The average molecular weight is 272 g/mol. The molecule has 0 aliphatic rings. The van der Waals surface area contributed by atoms with E-state index in [9.17, 15) is 0 Å². The highest BCUT2D eigenvalue weighted by Crippen LogP contribution is 2.26. The Morgan fingerprint density at radius 1 is 1.41 bits per heavy atom. The minimum absolute atomic E-state index is 0.458. The fraction of sp³-hybridized carbons (Fsp3) is 0.769. The first-order valence-electron chi connectivity index (χ1n) is 6.35. The highest BCUT2D eigenvalue weighted by atomic mass is 32.2. The summed E-state index contributed by atoms with van der Waals surface area (Å²) in [6, 6.07) is 0.458. The molecule has 1 N–H and O–H groups in total. The van der Waals surface area contributed by atoms with E-state index in [1.54, 1.807) is 0 Å². The van der Waals surface area contributed by atoms with Gasteiger partial charge in [0.25, 0.3) is 0 Å². The molecule has 0 spiro atoms. The Hall–Kier alpha value is -0.0600. The second-order valence-electron chi connectivity index (χ2n) is 4.34. The van der Waals surface area contributed by atoms with Crippen LogP contribution >= 0.6 is 23.1 Å². The standard InChI is InChI=1S/C13H24N2S2/c1-5-8-14-12(7-6-9-16-4)13-15-10(2)11(3)17-13/h12,14H,5-9H2,1-4H3. The van der Waals surface area contributed by atoms with E-state index in [1.807, 2.05) is 23.1 Å². The number of thioether (sulfide) groups is 1. The van der Waals surface area contributed by atoms with Crippen LogP contribution in [0, 0.1) is 13.8 Å². The minimum Gasteiger partial charge on any atom is -0.308 e. The number of rotatable bonds is 8. The first-order valence-corrected chi connectivity index (χ1v) is 8.56. The van der Waals surface area contributed by atoms with Gasteiger partial charge in [0.1, 0.15) is 5.01 Å². The number of hydrogen-bond acceptors (Lipinski definition) is 4. The molecule has 0 saturated heterocycles. The number of aromatic nitrogens is 1. The molecule has 98 valence electrons. The summed E-state index contributed by atoms with van der Waals surface area (Å²) < 4.78 is 0. The Balaban J connectivity index is 2.60. The molecule has 0 saturated carbocycles. The Morgan fingerprint density at radius 3 is 2.71 bits per heavy atom. The molecule has 0 bridgehead atoms. The molecule has 1 unspecified atom stereocenters. The van der Waals surface area contributed by atoms with Gasteiger partial charge in [0.05, 0.1) is 11.7 Å². The van der Waals surface area contributed by atoms with Gasteiger partial charge in [0.15, 0.2) is 0 Å².